The molecule has 48 heteroatoms. The molecule has 19 atom stereocenters. The lowest BCUT2D eigenvalue weighted by Gasteiger charge is -2.33. The van der Waals surface area contributed by atoms with Crippen LogP contribution in [0.2, 0.25) is 0 Å². The number of likely N-dealkylation sites (tertiary alicyclic amines) is 1. The number of nitrogens with two attached hydrogens (primary N) is 3. The summed E-state index contributed by atoms with van der Waals surface area (Å²) < 4.78 is 0. The number of H-pyrrole nitrogens is 2. The Bertz CT molecular complexity index is 4750. The number of nitrogens with zero attached hydrogens (tertiary/aromatic N) is 3. The summed E-state index contributed by atoms with van der Waals surface area (Å²) in [5.41, 5.74) is 18.2. The van der Waals surface area contributed by atoms with Crippen LogP contribution in [-0.2, 0) is 120 Å². The Balaban J connectivity index is 1.39. The Labute approximate surface area is 827 Å². The number of primary amides is 1. The predicted molar refractivity (Wildman–Crippen MR) is 519 cm³/mol. The van der Waals surface area contributed by atoms with Gasteiger partial charge in [-0.3, -0.25) is 101 Å². The number of hydrogen-bond donors (Lipinski definition) is 24. The summed E-state index contributed by atoms with van der Waals surface area (Å²) in [6, 6.07) is -15.1. The molecular formula is C94H152N26O22. The van der Waals surface area contributed by atoms with Gasteiger partial charge in [0.1, 0.15) is 109 Å². The van der Waals surface area contributed by atoms with Crippen LogP contribution in [0.25, 0.3) is 0 Å². The number of aliphatic carboxylic acids is 1. The largest absolute Gasteiger partial charge is 0.481 e. The summed E-state index contributed by atoms with van der Waals surface area (Å²) in [6.07, 6.45) is 5.95. The first-order chi connectivity index (χ1) is 66.7. The molecule has 2 aromatic heterocycles. The van der Waals surface area contributed by atoms with Gasteiger partial charge in [0, 0.05) is 44.6 Å². The number of nitrogens with one attached hydrogen (secondary N) is 20. The highest BCUT2D eigenvalue weighted by atomic mass is 16.4. The summed E-state index contributed by atoms with van der Waals surface area (Å²) in [7, 11) is 0. The first-order valence-corrected chi connectivity index (χ1v) is 48.4. The molecule has 142 heavy (non-hydrogen) atoms. The summed E-state index contributed by atoms with van der Waals surface area (Å²) in [5, 5.41) is 56.2. The SMILES string of the molecule is CC[C@H](C)[C@H](NC(=O)[C@H](C)NC(=O)[C@@H]1CCCN1C(=O)[C@@H](NC(=O)[C@@H](NC(=O)[C@H](Cc1c[nH]cn1)NC(=O)[C@H](C)NC(=O)[C@H](C)NC(=O)[C@@H](NC(=O)[C@H](CCCCN)NC(=O)[C@H](C)NC(=O)[C@H](CC(C)C)NC(=O)[C@@H](NC(=O)CNC(=O)[C@H](Cc1ccccc1)NC(=O)[C@H](CC(C)C)NC(=O)CN)C(C)C)C(C)C)C(C)C)C(C)C)C(=O)N[C@@H](C)C(=O)N[C@@H](CCC(=O)O)C(=O)N[C@@H](Cc1c[nH]cn1)C(N)=O. The summed E-state index contributed by atoms with van der Waals surface area (Å²) >= 11 is 0. The van der Waals surface area contributed by atoms with E-state index in [0.29, 0.717) is 36.9 Å². The van der Waals surface area contributed by atoms with Gasteiger partial charge in [0.2, 0.25) is 118 Å². The maximum atomic E-state index is 14.7. The van der Waals surface area contributed by atoms with Crippen molar-refractivity contribution in [1.82, 2.24) is 121 Å². The van der Waals surface area contributed by atoms with Crippen LogP contribution >= 0.6 is 0 Å². The molecule has 0 unspecified atom stereocenters. The fraction of sp³-hybridized carbons (Fsp3) is 0.649. The molecule has 20 amide bonds. The lowest BCUT2D eigenvalue weighted by atomic mass is 9.97. The molecule has 3 aromatic rings. The van der Waals surface area contributed by atoms with E-state index in [0.717, 1.165) is 0 Å². The third kappa shape index (κ3) is 40.6. The van der Waals surface area contributed by atoms with Gasteiger partial charge >= 0.3 is 5.97 Å². The van der Waals surface area contributed by atoms with Crippen molar-refractivity contribution in [1.29, 1.82) is 0 Å². The van der Waals surface area contributed by atoms with E-state index in [-0.39, 0.29) is 82.1 Å². The van der Waals surface area contributed by atoms with Crippen LogP contribution in [0.4, 0.5) is 0 Å². The highest BCUT2D eigenvalue weighted by Gasteiger charge is 2.44. The minimum atomic E-state index is -1.52. The number of carboxylic acids is 1. The molecule has 3 heterocycles. The third-order valence-corrected chi connectivity index (χ3v) is 23.7. The van der Waals surface area contributed by atoms with E-state index in [1.54, 1.807) is 113 Å². The van der Waals surface area contributed by atoms with Gasteiger partial charge in [-0.1, -0.05) is 134 Å². The first kappa shape index (κ1) is 121. The van der Waals surface area contributed by atoms with E-state index in [4.69, 9.17) is 17.2 Å². The number of carboxylic acid groups (broad SMARTS) is 1. The quantitative estimate of drug-likeness (QED) is 0.0238. The van der Waals surface area contributed by atoms with E-state index in [9.17, 15) is 106 Å². The number of rotatable bonds is 61. The van der Waals surface area contributed by atoms with Crippen molar-refractivity contribution in [2.75, 3.05) is 26.2 Å². The number of unbranched alkanes of at least 4 members (excludes halogenated alkanes) is 1. The maximum Gasteiger partial charge on any atom is 0.303 e. The van der Waals surface area contributed by atoms with Crippen molar-refractivity contribution in [2.24, 2.45) is 58.6 Å². The van der Waals surface area contributed by atoms with Gasteiger partial charge in [-0.2, -0.15) is 0 Å². The fourth-order valence-electron chi connectivity index (χ4n) is 15.1. The molecule has 48 nitrogen and oxygen atoms in total. The normalized spacial score (nSPS) is 16.2. The number of carbonyl (C=O) groups is 21. The van der Waals surface area contributed by atoms with Crippen LogP contribution in [-0.4, -0.2) is 289 Å². The zero-order valence-corrected chi connectivity index (χ0v) is 84.7. The molecule has 0 saturated carbocycles. The van der Waals surface area contributed by atoms with Crippen LogP contribution in [0.1, 0.15) is 213 Å². The zero-order chi connectivity index (χ0) is 107. The number of imidazole rings is 2. The molecule has 1 fully saturated rings. The molecule has 27 N–H and O–H groups in total. The van der Waals surface area contributed by atoms with E-state index < -0.39 is 282 Å². The molecular weight excluding hydrogens is 1850 g/mol. The van der Waals surface area contributed by atoms with Gasteiger partial charge < -0.3 is 133 Å². The second kappa shape index (κ2) is 59.9. The molecule has 1 saturated heterocycles. The van der Waals surface area contributed by atoms with Gasteiger partial charge in [-0.15, -0.1) is 0 Å². The summed E-state index contributed by atoms with van der Waals surface area (Å²) in [5.74, 6) is -21.0. The van der Waals surface area contributed by atoms with Crippen LogP contribution in [0.3, 0.4) is 0 Å². The highest BCUT2D eigenvalue weighted by Crippen LogP contribution is 2.23. The lowest BCUT2D eigenvalue weighted by molar-refractivity contribution is -0.143. The molecule has 0 radical (unpaired) electrons. The Hall–Kier alpha value is -13.6. The molecule has 4 rings (SSSR count). The predicted octanol–water partition coefficient (Wildman–Crippen LogP) is -4.19. The van der Waals surface area contributed by atoms with Crippen LogP contribution in [0.15, 0.2) is 55.4 Å². The smallest absolute Gasteiger partial charge is 0.303 e. The van der Waals surface area contributed by atoms with Crippen molar-refractivity contribution in [3.8, 4) is 0 Å². The molecule has 1 aliphatic rings. The number of aromatic nitrogens is 4. The molecule has 0 aliphatic carbocycles. The topological polar surface area (TPSA) is 734 Å². The Morgan fingerprint density at radius 3 is 1.26 bits per heavy atom. The molecule has 0 spiro atoms. The van der Waals surface area contributed by atoms with Gasteiger partial charge in [0.25, 0.3) is 0 Å². The van der Waals surface area contributed by atoms with Crippen LogP contribution < -0.4 is 113 Å². The molecule has 1 aliphatic heterocycles. The second-order valence-corrected chi connectivity index (χ2v) is 38.2. The molecule has 1 aromatic carbocycles. The fourth-order valence-corrected chi connectivity index (χ4v) is 15.1. The summed E-state index contributed by atoms with van der Waals surface area (Å²) in [6.45, 7) is 29.4. The van der Waals surface area contributed by atoms with Crippen molar-refractivity contribution in [2.45, 2.75) is 324 Å². The second-order valence-electron chi connectivity index (χ2n) is 38.2. The van der Waals surface area contributed by atoms with E-state index in [1.807, 2.05) is 13.8 Å². The van der Waals surface area contributed by atoms with Crippen molar-refractivity contribution in [3.63, 3.8) is 0 Å². The van der Waals surface area contributed by atoms with Gasteiger partial charge in [0.15, 0.2) is 0 Å². The average Bonchev–Trinajstić information content (AvgIpc) is 1.64. The standard InChI is InChI=1S/C94H152N26O22/c1-20-52(14)76(93(141)107-56(18)80(128)110-62(31-32-71(123)124)84(132)111-63(77(97)125)38-59-41-98-44-101-59)119-82(130)57(19)105-89(137)68-30-26-34-120(68)94(142)75(51(12)13)118-92(140)74(50(10)11)117-88(136)67(39-60-42-99-45-102-60)112-81(129)54(16)103-78(126)53(15)106-90(138)73(49(8)9)116-85(133)61(29-24-25-33-95)109-79(127)55(17)104-86(134)65(36-47(4)5)114-91(139)72(48(6)7)115-70(122)43-100-83(131)66(37-58-27-22-21-23-28-58)113-87(135)64(35-46(2)3)108-69(121)40-96/h21-23,27-28,41-42,44-57,61-68,72-76H,20,24-26,29-40,43,95-96H2,1-19H3,(H2,97,125)(H,98,101)(H,99,102)(H,100,131)(H,103,126)(H,104,134)(H,105,137)(H,106,138)(H,107,141)(H,108,121)(H,109,127)(H,110,128)(H,111,132)(H,112,129)(H,113,135)(H,114,139)(H,115,122)(H,116,133)(H,117,136)(H,118,140)(H,119,130)(H,123,124)/t52-,53-,54-,55-,56-,57-,61-,62-,63-,64-,65-,66-,67-,68-,72-,73-,74-,75-,76-/m0/s1. The number of aromatic amines is 2. The maximum absolute atomic E-state index is 14.7. The monoisotopic (exact) mass is 2000 g/mol. The third-order valence-electron chi connectivity index (χ3n) is 23.7. The first-order valence-electron chi connectivity index (χ1n) is 48.4. The minimum absolute atomic E-state index is 0.000598. The zero-order valence-electron chi connectivity index (χ0n) is 84.7. The number of benzene rings is 1. The molecule has 0 bridgehead atoms. The summed E-state index contributed by atoms with van der Waals surface area (Å²) in [4.78, 5) is 304. The van der Waals surface area contributed by atoms with Crippen molar-refractivity contribution < 1.29 is 106 Å². The Morgan fingerprint density at radius 1 is 0.401 bits per heavy atom. The van der Waals surface area contributed by atoms with E-state index in [1.165, 1.54) is 64.6 Å². The Kier molecular flexibility index (Phi) is 50.9. The van der Waals surface area contributed by atoms with Crippen molar-refractivity contribution >= 4 is 124 Å². The van der Waals surface area contributed by atoms with E-state index >= 15 is 0 Å². The molecule has 790 valence electrons. The number of hydrogen-bond acceptors (Lipinski definition) is 25. The van der Waals surface area contributed by atoms with Gasteiger partial charge in [0.05, 0.1) is 37.1 Å². The average molecular weight is 2000 g/mol. The van der Waals surface area contributed by atoms with E-state index in [2.05, 4.69) is 116 Å². The minimum Gasteiger partial charge on any atom is -0.481 e. The van der Waals surface area contributed by atoms with Crippen LogP contribution in [0, 0.1) is 41.4 Å². The number of amides is 20. The van der Waals surface area contributed by atoms with Crippen molar-refractivity contribution in [3.05, 3.63) is 72.3 Å². The van der Waals surface area contributed by atoms with Gasteiger partial charge in [-0.25, -0.2) is 9.97 Å². The van der Waals surface area contributed by atoms with Gasteiger partial charge in [-0.05, 0) is 140 Å². The van der Waals surface area contributed by atoms with Crippen LogP contribution in [0.5, 0.6) is 0 Å². The highest BCUT2D eigenvalue weighted by molar-refractivity contribution is 6.02. The number of carbonyl (C=O) groups excluding carboxylic acids is 20. The lowest BCUT2D eigenvalue weighted by Crippen LogP contribution is -2.62. The Morgan fingerprint density at radius 2 is 0.782 bits per heavy atom.